The number of carbonyl (C=O) groups is 2. The number of hydrogen-bond acceptors (Lipinski definition) is 8. The molecule has 4 N–H and O–H groups in total. The van der Waals surface area contributed by atoms with Crippen molar-refractivity contribution in [2.75, 3.05) is 5.32 Å². The fourth-order valence-corrected chi connectivity index (χ4v) is 4.21. The summed E-state index contributed by atoms with van der Waals surface area (Å²) in [5, 5.41) is 23.4. The Balaban J connectivity index is 1.95. The maximum atomic E-state index is 13.6. The Hall–Kier alpha value is -4.27. The molecule has 4 rings (SSSR count). The van der Waals surface area contributed by atoms with Crippen LogP contribution >= 0.6 is 11.3 Å². The number of fused-ring (bicyclic) bond motifs is 1. The van der Waals surface area contributed by atoms with E-state index in [4.69, 9.17) is 5.73 Å². The van der Waals surface area contributed by atoms with Crippen LogP contribution in [0.1, 0.15) is 38.0 Å². The van der Waals surface area contributed by atoms with Gasteiger partial charge in [0, 0.05) is 23.7 Å². The zero-order valence-corrected chi connectivity index (χ0v) is 17.7. The van der Waals surface area contributed by atoms with Crippen molar-refractivity contribution >= 4 is 44.9 Å². The minimum atomic E-state index is -2.90. The van der Waals surface area contributed by atoms with Gasteiger partial charge in [0.2, 0.25) is 0 Å². The number of hydrogen-bond donors (Lipinski definition) is 3. The number of halogens is 2. The summed E-state index contributed by atoms with van der Waals surface area (Å²) in [6.07, 6.45) is -1.43. The van der Waals surface area contributed by atoms with E-state index >= 15 is 0 Å². The number of aromatic nitrogens is 5. The van der Waals surface area contributed by atoms with Gasteiger partial charge < -0.3 is 21.2 Å². The minimum absolute atomic E-state index is 0.0446. The van der Waals surface area contributed by atoms with E-state index in [2.05, 4.69) is 25.6 Å². The maximum Gasteiger partial charge on any atom is 0.343 e. The molecule has 0 fully saturated rings. The Morgan fingerprint density at radius 2 is 2.06 bits per heavy atom. The van der Waals surface area contributed by atoms with Crippen LogP contribution in [-0.4, -0.2) is 41.7 Å². The highest BCUT2D eigenvalue weighted by molar-refractivity contribution is 7.21. The van der Waals surface area contributed by atoms with E-state index < -0.39 is 34.7 Å². The van der Waals surface area contributed by atoms with Crippen molar-refractivity contribution in [2.24, 2.45) is 12.8 Å². The molecule has 2 amide bonds. The van der Waals surface area contributed by atoms with Crippen LogP contribution in [0, 0.1) is 17.0 Å². The van der Waals surface area contributed by atoms with Crippen LogP contribution in [0.15, 0.2) is 18.3 Å². The number of thiophene rings is 1. The van der Waals surface area contributed by atoms with Crippen LogP contribution in [0.5, 0.6) is 0 Å². The molecule has 4 aromatic rings. The summed E-state index contributed by atoms with van der Waals surface area (Å²) in [5.41, 5.74) is 5.92. The van der Waals surface area contributed by atoms with Crippen molar-refractivity contribution < 1.29 is 23.3 Å². The minimum Gasteiger partial charge on any atom is -0.365 e. The average Bonchev–Trinajstić information content (AvgIpc) is 3.46. The molecule has 0 spiro atoms. The number of amides is 2. The molecule has 0 aromatic carbocycles. The molecule has 0 atom stereocenters. The molecular formula is C18H14F2N8O4S. The van der Waals surface area contributed by atoms with E-state index in [0.29, 0.717) is 11.3 Å². The van der Waals surface area contributed by atoms with E-state index in [9.17, 15) is 28.5 Å². The van der Waals surface area contributed by atoms with Crippen molar-refractivity contribution in [2.45, 2.75) is 13.3 Å². The van der Waals surface area contributed by atoms with Gasteiger partial charge in [-0.2, -0.15) is 5.10 Å². The molecule has 15 heteroatoms. The second-order valence-corrected chi connectivity index (χ2v) is 7.86. The molecule has 0 aliphatic heterocycles. The first kappa shape index (κ1) is 21.9. The molecule has 0 unspecified atom stereocenters. The van der Waals surface area contributed by atoms with E-state index in [0.717, 1.165) is 23.5 Å². The number of nitro groups is 1. The van der Waals surface area contributed by atoms with Gasteiger partial charge >= 0.3 is 5.82 Å². The lowest BCUT2D eigenvalue weighted by Gasteiger charge is -2.10. The first-order valence-electron chi connectivity index (χ1n) is 9.14. The third-order valence-corrected chi connectivity index (χ3v) is 5.99. The fourth-order valence-electron chi connectivity index (χ4n) is 3.20. The normalized spacial score (nSPS) is 11.3. The van der Waals surface area contributed by atoms with Gasteiger partial charge in [0.15, 0.2) is 5.69 Å². The number of H-pyrrole nitrogens is 1. The zero-order valence-electron chi connectivity index (χ0n) is 16.9. The molecule has 12 nitrogen and oxygen atoms in total. The number of pyridine rings is 1. The summed E-state index contributed by atoms with van der Waals surface area (Å²) in [6, 6.07) is 2.07. The van der Waals surface area contributed by atoms with Crippen molar-refractivity contribution in [3.05, 3.63) is 50.4 Å². The Morgan fingerprint density at radius 1 is 1.33 bits per heavy atom. The number of nitrogens with two attached hydrogens (primary N) is 1. The lowest BCUT2D eigenvalue weighted by molar-refractivity contribution is -0.389. The third kappa shape index (κ3) is 3.78. The van der Waals surface area contributed by atoms with Gasteiger partial charge in [-0.3, -0.25) is 14.3 Å². The van der Waals surface area contributed by atoms with E-state index in [1.54, 1.807) is 14.0 Å². The molecule has 0 bridgehead atoms. The van der Waals surface area contributed by atoms with Crippen LogP contribution in [0.4, 0.5) is 20.3 Å². The summed E-state index contributed by atoms with van der Waals surface area (Å²) in [4.78, 5) is 38.8. The van der Waals surface area contributed by atoms with Crippen molar-refractivity contribution in [1.29, 1.82) is 0 Å². The lowest BCUT2D eigenvalue weighted by Crippen LogP contribution is -2.17. The summed E-state index contributed by atoms with van der Waals surface area (Å²) in [6.45, 7) is 1.72. The van der Waals surface area contributed by atoms with Gasteiger partial charge in [0.1, 0.15) is 15.4 Å². The van der Waals surface area contributed by atoms with Crippen molar-refractivity contribution in [3.8, 4) is 11.1 Å². The molecular weight excluding hydrogens is 462 g/mol. The van der Waals surface area contributed by atoms with Gasteiger partial charge in [-0.25, -0.2) is 13.8 Å². The number of aromatic amines is 1. The van der Waals surface area contributed by atoms with Gasteiger partial charge in [-0.1, -0.05) is 5.10 Å². The van der Waals surface area contributed by atoms with E-state index in [-0.39, 0.29) is 32.0 Å². The van der Waals surface area contributed by atoms with Crippen molar-refractivity contribution in [3.63, 3.8) is 0 Å². The number of rotatable bonds is 6. The van der Waals surface area contributed by atoms with Crippen LogP contribution in [0.25, 0.3) is 21.3 Å². The maximum absolute atomic E-state index is 13.6. The highest BCUT2D eigenvalue weighted by Gasteiger charge is 2.27. The van der Waals surface area contributed by atoms with Gasteiger partial charge in [-0.05, 0) is 23.5 Å². The molecule has 170 valence electrons. The lowest BCUT2D eigenvalue weighted by atomic mass is 10.0. The SMILES string of the molecule is Cc1c(-c2cc(C(F)F)nc3sc(C(N)=O)c(NC(=O)c4cc([N+](=O)[O-])[nH]n4)c23)cnn1C. The molecule has 0 saturated carbocycles. The highest BCUT2D eigenvalue weighted by atomic mass is 32.1. The predicted molar refractivity (Wildman–Crippen MR) is 113 cm³/mol. The Labute approximate surface area is 186 Å². The van der Waals surface area contributed by atoms with Crippen LogP contribution in [0.2, 0.25) is 0 Å². The molecule has 33 heavy (non-hydrogen) atoms. The first-order valence-corrected chi connectivity index (χ1v) is 9.95. The average molecular weight is 476 g/mol. The predicted octanol–water partition coefficient (Wildman–Crippen LogP) is 2.93. The quantitative estimate of drug-likeness (QED) is 0.283. The van der Waals surface area contributed by atoms with Crippen molar-refractivity contribution in [1.82, 2.24) is 25.0 Å². The summed E-state index contributed by atoms with van der Waals surface area (Å²) >= 11 is 0.735. The van der Waals surface area contributed by atoms with Crippen LogP contribution in [0.3, 0.4) is 0 Å². The molecule has 0 radical (unpaired) electrons. The van der Waals surface area contributed by atoms with Gasteiger partial charge in [0.05, 0.1) is 18.0 Å². The number of carbonyl (C=O) groups excluding carboxylic acids is 2. The highest BCUT2D eigenvalue weighted by Crippen LogP contribution is 2.43. The number of nitrogens with zero attached hydrogens (tertiary/aromatic N) is 5. The monoisotopic (exact) mass is 476 g/mol. The topological polar surface area (TPSA) is 175 Å². The largest absolute Gasteiger partial charge is 0.365 e. The molecule has 4 aromatic heterocycles. The number of primary amides is 1. The molecule has 4 heterocycles. The Bertz CT molecular complexity index is 1440. The fraction of sp³-hybridized carbons (Fsp3) is 0.167. The van der Waals surface area contributed by atoms with E-state index in [1.807, 2.05) is 0 Å². The second-order valence-electron chi connectivity index (χ2n) is 6.86. The molecule has 0 saturated heterocycles. The summed E-state index contributed by atoms with van der Waals surface area (Å²) < 4.78 is 28.6. The molecule has 0 aliphatic carbocycles. The summed E-state index contributed by atoms with van der Waals surface area (Å²) in [5.74, 6) is -2.32. The van der Waals surface area contributed by atoms with Gasteiger partial charge in [-0.15, -0.1) is 16.4 Å². The second kappa shape index (κ2) is 8.01. The smallest absolute Gasteiger partial charge is 0.343 e. The standard InChI is InChI=1S/C18H14F2N8O4S/c1-6-8(5-22-27(6)2)7-3-9(15(19)20)23-18-12(7)13(14(33-18)16(21)29)24-17(30)10-4-11(26-25-10)28(31)32/h3-5,15H,1-2H3,(H2,21,29)(H,24,30)(H,25,26). The van der Waals surface area contributed by atoms with E-state index in [1.165, 1.54) is 10.9 Å². The number of anilines is 1. The molecule has 0 aliphatic rings. The first-order chi connectivity index (χ1) is 15.6. The van der Waals surface area contributed by atoms with Crippen LogP contribution in [-0.2, 0) is 7.05 Å². The summed E-state index contributed by atoms with van der Waals surface area (Å²) in [7, 11) is 1.67. The van der Waals surface area contributed by atoms with Gasteiger partial charge in [0.25, 0.3) is 18.2 Å². The Kier molecular flexibility index (Phi) is 5.33. The number of alkyl halides is 2. The van der Waals surface area contributed by atoms with Crippen LogP contribution < -0.4 is 11.1 Å². The Morgan fingerprint density at radius 3 is 2.61 bits per heavy atom. The zero-order chi connectivity index (χ0) is 24.0. The number of aryl methyl sites for hydroxylation is 1. The number of nitrogens with one attached hydrogen (secondary N) is 2. The third-order valence-electron chi connectivity index (χ3n) is 4.89.